The third kappa shape index (κ3) is 2.97. The van der Waals surface area contributed by atoms with Gasteiger partial charge in [0.05, 0.1) is 4.92 Å². The molecule has 1 aromatic rings. The molecule has 0 saturated heterocycles. The Hall–Kier alpha value is -2.14. The molecule has 0 radical (unpaired) electrons. The third-order valence-electron chi connectivity index (χ3n) is 2.79. The first-order valence-electron chi connectivity index (χ1n) is 5.63. The maximum absolute atomic E-state index is 14.0. The van der Waals surface area contributed by atoms with Crippen LogP contribution in [0.2, 0.25) is 0 Å². The second kappa shape index (κ2) is 5.00. The van der Waals surface area contributed by atoms with Crippen LogP contribution in [0.25, 0.3) is 0 Å². The Kier molecular flexibility index (Phi) is 3.63. The van der Waals surface area contributed by atoms with Gasteiger partial charge in [0.2, 0.25) is 15.8 Å². The summed E-state index contributed by atoms with van der Waals surface area (Å²) in [7, 11) is -4.70. The first kappa shape index (κ1) is 15.3. The summed E-state index contributed by atoms with van der Waals surface area (Å²) in [5.74, 6) is -4.76. The van der Waals surface area contributed by atoms with Crippen LogP contribution in [0.15, 0.2) is 11.0 Å². The maximum atomic E-state index is 14.0. The summed E-state index contributed by atoms with van der Waals surface area (Å²) in [6.45, 7) is 0. The van der Waals surface area contributed by atoms with Gasteiger partial charge in [-0.15, -0.1) is 0 Å². The molecule has 3 N–H and O–H groups in total. The van der Waals surface area contributed by atoms with Crippen molar-refractivity contribution < 1.29 is 26.9 Å². The highest BCUT2D eigenvalue weighted by atomic mass is 32.2. The number of benzene rings is 1. The van der Waals surface area contributed by atoms with E-state index in [0.29, 0.717) is 12.8 Å². The minimum atomic E-state index is -4.70. The monoisotopic (exact) mass is 321 g/mol. The number of halogens is 2. The van der Waals surface area contributed by atoms with Gasteiger partial charge < -0.3 is 5.32 Å². The average molecular weight is 321 g/mol. The van der Waals surface area contributed by atoms with Crippen molar-refractivity contribution in [3.8, 4) is 0 Å². The van der Waals surface area contributed by atoms with E-state index in [9.17, 15) is 32.1 Å². The zero-order chi connectivity index (χ0) is 15.9. The quantitative estimate of drug-likeness (QED) is 0.612. The summed E-state index contributed by atoms with van der Waals surface area (Å²) < 4.78 is 50.3. The minimum Gasteiger partial charge on any atom is -0.349 e. The molecule has 0 spiro atoms. The number of nitrogens with one attached hydrogen (secondary N) is 1. The van der Waals surface area contributed by atoms with Crippen molar-refractivity contribution in [3.05, 3.63) is 33.4 Å². The summed E-state index contributed by atoms with van der Waals surface area (Å²) in [4.78, 5) is 19.9. The van der Waals surface area contributed by atoms with Gasteiger partial charge in [-0.3, -0.25) is 14.9 Å². The number of nitro benzene ring substituents is 1. The lowest BCUT2D eigenvalue weighted by Gasteiger charge is -2.09. The normalized spacial score (nSPS) is 14.8. The molecule has 1 amide bonds. The van der Waals surface area contributed by atoms with E-state index in [4.69, 9.17) is 5.14 Å². The molecule has 2 rings (SSSR count). The van der Waals surface area contributed by atoms with Crippen LogP contribution in [-0.4, -0.2) is 25.3 Å². The maximum Gasteiger partial charge on any atom is 0.307 e. The van der Waals surface area contributed by atoms with Gasteiger partial charge in [0.15, 0.2) is 5.82 Å². The number of hydrogen-bond donors (Lipinski definition) is 2. The second-order valence-electron chi connectivity index (χ2n) is 4.45. The molecule has 0 bridgehead atoms. The summed E-state index contributed by atoms with van der Waals surface area (Å²) in [5, 5.41) is 17.6. The first-order chi connectivity index (χ1) is 9.62. The lowest BCUT2D eigenvalue weighted by molar-refractivity contribution is -0.387. The number of carbonyl (C=O) groups is 1. The number of nitro groups is 1. The largest absolute Gasteiger partial charge is 0.349 e. The predicted molar refractivity (Wildman–Crippen MR) is 64.9 cm³/mol. The van der Waals surface area contributed by atoms with Gasteiger partial charge in [0, 0.05) is 12.1 Å². The minimum absolute atomic E-state index is 0.147. The molecule has 0 atom stereocenters. The van der Waals surface area contributed by atoms with E-state index >= 15 is 0 Å². The summed E-state index contributed by atoms with van der Waals surface area (Å²) >= 11 is 0. The predicted octanol–water partition coefficient (Wildman–Crippen LogP) is 0.413. The van der Waals surface area contributed by atoms with Gasteiger partial charge in [-0.1, -0.05) is 0 Å². The lowest BCUT2D eigenvalue weighted by atomic mass is 10.1. The number of amides is 1. The molecule has 1 aromatic carbocycles. The number of carbonyl (C=O) groups excluding carboxylic acids is 1. The molecule has 1 fully saturated rings. The van der Waals surface area contributed by atoms with Crippen LogP contribution in [0.4, 0.5) is 14.5 Å². The van der Waals surface area contributed by atoms with Crippen LogP contribution >= 0.6 is 0 Å². The fourth-order valence-electron chi connectivity index (χ4n) is 1.62. The van der Waals surface area contributed by atoms with Crippen molar-refractivity contribution in [2.45, 2.75) is 23.8 Å². The fraction of sp³-hybridized carbons (Fsp3) is 0.300. The summed E-state index contributed by atoms with van der Waals surface area (Å²) in [6.07, 6.45) is 1.21. The van der Waals surface area contributed by atoms with Crippen LogP contribution in [0.5, 0.6) is 0 Å². The highest BCUT2D eigenvalue weighted by Crippen LogP contribution is 2.29. The van der Waals surface area contributed by atoms with Crippen molar-refractivity contribution >= 4 is 21.6 Å². The molecule has 11 heteroatoms. The molecule has 1 saturated carbocycles. The number of sulfonamides is 1. The highest BCUT2D eigenvalue weighted by molar-refractivity contribution is 7.89. The van der Waals surface area contributed by atoms with Gasteiger partial charge >= 0.3 is 5.69 Å². The van der Waals surface area contributed by atoms with Crippen LogP contribution in [0.3, 0.4) is 0 Å². The van der Waals surface area contributed by atoms with E-state index in [-0.39, 0.29) is 12.1 Å². The third-order valence-corrected chi connectivity index (χ3v) is 3.70. The zero-order valence-corrected chi connectivity index (χ0v) is 11.1. The molecule has 8 nitrogen and oxygen atoms in total. The zero-order valence-electron chi connectivity index (χ0n) is 10.3. The van der Waals surface area contributed by atoms with Crippen LogP contribution < -0.4 is 10.5 Å². The average Bonchev–Trinajstić information content (AvgIpc) is 3.10. The van der Waals surface area contributed by atoms with Crippen LogP contribution in [0, 0.1) is 21.7 Å². The molecular weight excluding hydrogens is 312 g/mol. The molecule has 0 aliphatic heterocycles. The van der Waals surface area contributed by atoms with E-state index in [1.54, 1.807) is 0 Å². The highest BCUT2D eigenvalue weighted by Gasteiger charge is 2.34. The van der Waals surface area contributed by atoms with E-state index in [1.165, 1.54) is 0 Å². The Morgan fingerprint density at radius 2 is 1.95 bits per heavy atom. The molecule has 0 heterocycles. The van der Waals surface area contributed by atoms with Crippen molar-refractivity contribution in [3.63, 3.8) is 0 Å². The van der Waals surface area contributed by atoms with E-state index in [1.807, 2.05) is 0 Å². The molecule has 21 heavy (non-hydrogen) atoms. The topological polar surface area (TPSA) is 132 Å². The fourth-order valence-corrected chi connectivity index (χ4v) is 2.25. The Morgan fingerprint density at radius 1 is 1.38 bits per heavy atom. The van der Waals surface area contributed by atoms with Gasteiger partial charge in [-0.25, -0.2) is 17.9 Å². The van der Waals surface area contributed by atoms with Crippen LogP contribution in [0.1, 0.15) is 23.2 Å². The summed E-state index contributed by atoms with van der Waals surface area (Å²) in [6, 6.07) is -0.137. The number of nitrogens with two attached hydrogens (primary N) is 1. The van der Waals surface area contributed by atoms with Crippen molar-refractivity contribution in [1.29, 1.82) is 0 Å². The van der Waals surface area contributed by atoms with Gasteiger partial charge in [0.1, 0.15) is 10.5 Å². The molecule has 0 aromatic heterocycles. The molecule has 0 unspecified atom stereocenters. The smallest absolute Gasteiger partial charge is 0.307 e. The molecule has 1 aliphatic carbocycles. The first-order valence-corrected chi connectivity index (χ1v) is 7.17. The van der Waals surface area contributed by atoms with E-state index < -0.39 is 48.6 Å². The standard InChI is InChI=1S/C10H9F2N3O5S/c11-8-5(15(17)18)3-6(21(13,19)20)9(12)7(8)10(16)14-4-1-2-4/h3-4H,1-2H2,(H,14,16)(H2,13,19,20). The van der Waals surface area contributed by atoms with Gasteiger partial charge in [0.25, 0.3) is 5.91 Å². The Balaban J connectivity index is 2.68. The number of nitrogens with zero attached hydrogens (tertiary/aromatic N) is 1. The van der Waals surface area contributed by atoms with Gasteiger partial charge in [-0.2, -0.15) is 4.39 Å². The van der Waals surface area contributed by atoms with E-state index in [2.05, 4.69) is 5.32 Å². The van der Waals surface area contributed by atoms with Crippen LogP contribution in [-0.2, 0) is 10.0 Å². The van der Waals surface area contributed by atoms with Crippen molar-refractivity contribution in [2.75, 3.05) is 0 Å². The second-order valence-corrected chi connectivity index (χ2v) is 5.98. The lowest BCUT2D eigenvalue weighted by Crippen LogP contribution is -2.29. The number of rotatable bonds is 4. The Morgan fingerprint density at radius 3 is 2.38 bits per heavy atom. The molecule has 114 valence electrons. The van der Waals surface area contributed by atoms with Crippen molar-refractivity contribution in [1.82, 2.24) is 5.32 Å². The number of primary sulfonamides is 1. The van der Waals surface area contributed by atoms with Crippen molar-refractivity contribution in [2.24, 2.45) is 5.14 Å². The van der Waals surface area contributed by atoms with E-state index in [0.717, 1.165) is 0 Å². The molecule has 1 aliphatic rings. The summed E-state index contributed by atoms with van der Waals surface area (Å²) in [5.41, 5.74) is -2.68. The van der Waals surface area contributed by atoms with Gasteiger partial charge in [-0.05, 0) is 12.8 Å². The Bertz CT molecular complexity index is 746. The molecular formula is C10H9F2N3O5S. The number of hydrogen-bond acceptors (Lipinski definition) is 5. The SMILES string of the molecule is NS(=O)(=O)c1cc([N+](=O)[O-])c(F)c(C(=O)NC2CC2)c1F. The Labute approximate surface area is 117 Å².